The zero-order chi connectivity index (χ0) is 15.6. The van der Waals surface area contributed by atoms with Crippen LogP contribution < -0.4 is 0 Å². The van der Waals surface area contributed by atoms with E-state index in [1.165, 1.54) is 17.7 Å². The molecule has 2 aromatic rings. The Bertz CT molecular complexity index is 796. The minimum Gasteiger partial charge on any atom is -0.258 e. The quantitative estimate of drug-likeness (QED) is 0.626. The summed E-state index contributed by atoms with van der Waals surface area (Å²) in [7, 11) is 0. The number of nitrogens with zero attached hydrogens (tertiary/aromatic N) is 3. The Kier molecular flexibility index (Phi) is 2.50. The number of benzene rings is 1. The monoisotopic (exact) mass is 295 g/mol. The fraction of sp³-hybridized carbons (Fsp3) is 0.412. The van der Waals surface area contributed by atoms with Crippen LogP contribution in [0.25, 0.3) is 11.4 Å². The van der Waals surface area contributed by atoms with Crippen molar-refractivity contribution in [1.29, 1.82) is 0 Å². The molecule has 1 aromatic carbocycles. The van der Waals surface area contributed by atoms with E-state index in [1.807, 2.05) is 6.92 Å². The van der Waals surface area contributed by atoms with Crippen LogP contribution >= 0.6 is 0 Å². The van der Waals surface area contributed by atoms with Crippen molar-refractivity contribution in [3.63, 3.8) is 0 Å². The maximum absolute atomic E-state index is 10.7. The Morgan fingerprint density at radius 1 is 1.23 bits per heavy atom. The standard InChI is InChI=1S/C17H17N3O2/c1-9-14-13(8-12-15(14)17(12,2)3)19-16(18-9)10-4-6-11(7-5-10)20(21)22/h4-7,12,15H,8H2,1-3H3/t12-,15+/m1/s1. The maximum Gasteiger partial charge on any atom is 0.269 e. The summed E-state index contributed by atoms with van der Waals surface area (Å²) in [6.45, 7) is 6.68. The summed E-state index contributed by atoms with van der Waals surface area (Å²) in [6.07, 6.45) is 1.02. The molecule has 112 valence electrons. The topological polar surface area (TPSA) is 68.9 Å². The van der Waals surface area contributed by atoms with Gasteiger partial charge < -0.3 is 0 Å². The van der Waals surface area contributed by atoms with E-state index in [9.17, 15) is 10.1 Å². The van der Waals surface area contributed by atoms with Crippen LogP contribution in [0.2, 0.25) is 0 Å². The van der Waals surface area contributed by atoms with Gasteiger partial charge in [-0.2, -0.15) is 0 Å². The molecule has 0 bridgehead atoms. The van der Waals surface area contributed by atoms with E-state index < -0.39 is 4.92 Å². The van der Waals surface area contributed by atoms with E-state index in [2.05, 4.69) is 18.8 Å². The van der Waals surface area contributed by atoms with Crippen LogP contribution in [0.3, 0.4) is 0 Å². The fourth-order valence-electron chi connectivity index (χ4n) is 3.97. The van der Waals surface area contributed by atoms with Crippen molar-refractivity contribution in [2.75, 3.05) is 0 Å². The van der Waals surface area contributed by atoms with Crippen molar-refractivity contribution in [2.45, 2.75) is 33.1 Å². The maximum atomic E-state index is 10.7. The van der Waals surface area contributed by atoms with Gasteiger partial charge in [-0.05, 0) is 48.3 Å². The first kappa shape index (κ1) is 13.4. The SMILES string of the molecule is Cc1nc(-c2ccc([N+](=O)[O-])cc2)nc2c1[C@@H]1[C@@H](C2)C1(C)C. The molecule has 2 atom stereocenters. The Balaban J connectivity index is 1.73. The number of nitro benzene ring substituents is 1. The molecule has 0 spiro atoms. The molecule has 1 aromatic heterocycles. The van der Waals surface area contributed by atoms with Crippen molar-refractivity contribution in [3.05, 3.63) is 51.3 Å². The lowest BCUT2D eigenvalue weighted by Gasteiger charge is -2.14. The molecule has 1 saturated carbocycles. The van der Waals surface area contributed by atoms with Crippen LogP contribution in [-0.4, -0.2) is 14.9 Å². The van der Waals surface area contributed by atoms with Crippen molar-refractivity contribution in [3.8, 4) is 11.4 Å². The number of aromatic nitrogens is 2. The number of nitro groups is 1. The molecule has 5 heteroatoms. The van der Waals surface area contributed by atoms with Crippen LogP contribution in [0.15, 0.2) is 24.3 Å². The van der Waals surface area contributed by atoms with E-state index >= 15 is 0 Å². The minimum absolute atomic E-state index is 0.0876. The molecular formula is C17H17N3O2. The number of aryl methyl sites for hydroxylation is 1. The summed E-state index contributed by atoms with van der Waals surface area (Å²) in [5.41, 5.74) is 4.85. The van der Waals surface area contributed by atoms with Crippen LogP contribution in [-0.2, 0) is 6.42 Å². The third-order valence-electron chi connectivity index (χ3n) is 5.33. The Hall–Kier alpha value is -2.30. The Labute approximate surface area is 128 Å². The second kappa shape index (κ2) is 4.12. The van der Waals surface area contributed by atoms with Crippen LogP contribution in [0.4, 0.5) is 5.69 Å². The second-order valence-electron chi connectivity index (χ2n) is 6.91. The molecule has 22 heavy (non-hydrogen) atoms. The minimum atomic E-state index is -0.395. The zero-order valence-electron chi connectivity index (χ0n) is 12.8. The summed E-state index contributed by atoms with van der Waals surface area (Å²) in [5, 5.41) is 10.7. The average Bonchev–Trinajstić information content (AvgIpc) is 2.86. The number of non-ortho nitro benzene ring substituents is 1. The Morgan fingerprint density at radius 2 is 1.91 bits per heavy atom. The number of hydrogen-bond acceptors (Lipinski definition) is 4. The van der Waals surface area contributed by atoms with Crippen molar-refractivity contribution >= 4 is 5.69 Å². The van der Waals surface area contributed by atoms with Crippen molar-refractivity contribution in [2.24, 2.45) is 11.3 Å². The molecule has 5 nitrogen and oxygen atoms in total. The first-order chi connectivity index (χ1) is 10.4. The highest BCUT2D eigenvalue weighted by Crippen LogP contribution is 2.70. The smallest absolute Gasteiger partial charge is 0.258 e. The van der Waals surface area contributed by atoms with Gasteiger partial charge in [0.2, 0.25) is 0 Å². The van der Waals surface area contributed by atoms with Gasteiger partial charge >= 0.3 is 0 Å². The highest BCUT2D eigenvalue weighted by atomic mass is 16.6. The summed E-state index contributed by atoms with van der Waals surface area (Å²) < 4.78 is 0. The molecule has 0 saturated heterocycles. The summed E-state index contributed by atoms with van der Waals surface area (Å²) in [5.74, 6) is 1.97. The first-order valence-corrected chi connectivity index (χ1v) is 7.52. The van der Waals surface area contributed by atoms with Crippen LogP contribution in [0.5, 0.6) is 0 Å². The number of hydrogen-bond donors (Lipinski definition) is 0. The van der Waals surface area contributed by atoms with Crippen molar-refractivity contribution < 1.29 is 4.92 Å². The third-order valence-corrected chi connectivity index (χ3v) is 5.33. The largest absolute Gasteiger partial charge is 0.269 e. The van der Waals surface area contributed by atoms with Gasteiger partial charge in [-0.15, -0.1) is 0 Å². The summed E-state index contributed by atoms with van der Waals surface area (Å²) >= 11 is 0. The highest BCUT2D eigenvalue weighted by Gasteiger charge is 2.63. The van der Waals surface area contributed by atoms with E-state index in [0.717, 1.165) is 23.4 Å². The molecule has 4 rings (SSSR count). The molecule has 1 fully saturated rings. The number of fused-ring (bicyclic) bond motifs is 3. The van der Waals surface area contributed by atoms with Gasteiger partial charge in [0.15, 0.2) is 5.82 Å². The van der Waals surface area contributed by atoms with Gasteiger partial charge in [0.1, 0.15) is 0 Å². The zero-order valence-corrected chi connectivity index (χ0v) is 12.8. The van der Waals surface area contributed by atoms with Crippen LogP contribution in [0, 0.1) is 28.4 Å². The second-order valence-corrected chi connectivity index (χ2v) is 6.91. The molecule has 2 aliphatic carbocycles. The molecular weight excluding hydrogens is 278 g/mol. The van der Waals surface area contributed by atoms with Gasteiger partial charge in [0, 0.05) is 29.1 Å². The van der Waals surface area contributed by atoms with E-state index in [-0.39, 0.29) is 5.69 Å². The van der Waals surface area contributed by atoms with Gasteiger partial charge in [-0.1, -0.05) is 13.8 Å². The van der Waals surface area contributed by atoms with E-state index in [0.29, 0.717) is 23.1 Å². The van der Waals surface area contributed by atoms with Gasteiger partial charge in [-0.3, -0.25) is 10.1 Å². The normalized spacial score (nSPS) is 23.8. The lowest BCUT2D eigenvalue weighted by Crippen LogP contribution is -2.07. The first-order valence-electron chi connectivity index (χ1n) is 7.52. The molecule has 0 aliphatic heterocycles. The predicted octanol–water partition coefficient (Wildman–Crippen LogP) is 3.66. The molecule has 0 N–H and O–H groups in total. The molecule has 0 amide bonds. The Morgan fingerprint density at radius 3 is 2.55 bits per heavy atom. The van der Waals surface area contributed by atoms with Gasteiger partial charge in [0.05, 0.1) is 4.92 Å². The predicted molar refractivity (Wildman–Crippen MR) is 82.6 cm³/mol. The highest BCUT2D eigenvalue weighted by molar-refractivity contribution is 5.59. The van der Waals surface area contributed by atoms with Crippen LogP contribution in [0.1, 0.15) is 36.7 Å². The third kappa shape index (κ3) is 1.71. The molecule has 0 unspecified atom stereocenters. The van der Waals surface area contributed by atoms with E-state index in [1.54, 1.807) is 12.1 Å². The average molecular weight is 295 g/mol. The summed E-state index contributed by atoms with van der Waals surface area (Å²) in [6, 6.07) is 6.45. The molecule has 0 radical (unpaired) electrons. The summed E-state index contributed by atoms with van der Waals surface area (Å²) in [4.78, 5) is 19.7. The molecule has 2 aliphatic rings. The molecule has 1 heterocycles. The van der Waals surface area contributed by atoms with Gasteiger partial charge in [-0.25, -0.2) is 9.97 Å². The van der Waals surface area contributed by atoms with Crippen molar-refractivity contribution in [1.82, 2.24) is 9.97 Å². The number of rotatable bonds is 2. The fourth-order valence-corrected chi connectivity index (χ4v) is 3.97. The lowest BCUT2D eigenvalue weighted by atomic mass is 9.97. The van der Waals surface area contributed by atoms with Gasteiger partial charge in [0.25, 0.3) is 5.69 Å². The lowest BCUT2D eigenvalue weighted by molar-refractivity contribution is -0.384. The van der Waals surface area contributed by atoms with E-state index in [4.69, 9.17) is 4.98 Å².